The lowest BCUT2D eigenvalue weighted by Gasteiger charge is -2.24. The summed E-state index contributed by atoms with van der Waals surface area (Å²) in [6, 6.07) is 6.15. The Balaban J connectivity index is 1.97. The van der Waals surface area contributed by atoms with Gasteiger partial charge in [0, 0.05) is 19.2 Å². The second kappa shape index (κ2) is 6.78. The molecule has 2 N–H and O–H groups in total. The molecule has 1 saturated heterocycles. The van der Waals surface area contributed by atoms with E-state index in [1.165, 1.54) is 12.8 Å². The molecule has 1 aromatic rings. The van der Waals surface area contributed by atoms with Crippen LogP contribution in [0.1, 0.15) is 31.2 Å². The number of hydrogen-bond donors (Lipinski definition) is 2. The summed E-state index contributed by atoms with van der Waals surface area (Å²) in [5, 5.41) is 18.7. The zero-order valence-electron chi connectivity index (χ0n) is 11.5. The number of phenols is 1. The molecule has 0 amide bonds. The lowest BCUT2D eigenvalue weighted by molar-refractivity contribution is 0.210. The predicted molar refractivity (Wildman–Crippen MR) is 74.4 cm³/mol. The molecule has 1 unspecified atom stereocenters. The molecule has 1 aliphatic heterocycles. The number of hydrogen-bond acceptors (Lipinski definition) is 4. The van der Waals surface area contributed by atoms with Gasteiger partial charge in [0.1, 0.15) is 0 Å². The first-order valence-corrected chi connectivity index (χ1v) is 6.95. The van der Waals surface area contributed by atoms with Crippen LogP contribution in [0.2, 0.25) is 0 Å². The van der Waals surface area contributed by atoms with Gasteiger partial charge in [0.05, 0.1) is 7.11 Å². The van der Waals surface area contributed by atoms with E-state index in [0.717, 1.165) is 31.5 Å². The molecule has 0 aliphatic carbocycles. The van der Waals surface area contributed by atoms with E-state index in [4.69, 9.17) is 9.84 Å². The second-order valence-corrected chi connectivity index (χ2v) is 5.14. The zero-order chi connectivity index (χ0) is 13.7. The van der Waals surface area contributed by atoms with Crippen LogP contribution in [0.5, 0.6) is 11.5 Å². The molecule has 0 bridgehead atoms. The van der Waals surface area contributed by atoms with Crippen molar-refractivity contribution in [3.05, 3.63) is 23.8 Å². The van der Waals surface area contributed by atoms with Crippen molar-refractivity contribution in [2.75, 3.05) is 20.3 Å². The van der Waals surface area contributed by atoms with Crippen LogP contribution in [-0.4, -0.2) is 41.4 Å². The Bertz CT molecular complexity index is 408. The molecular formula is C15H23NO3. The third-order valence-electron chi connectivity index (χ3n) is 3.82. The van der Waals surface area contributed by atoms with Gasteiger partial charge in [0.2, 0.25) is 0 Å². The quantitative estimate of drug-likeness (QED) is 0.827. The van der Waals surface area contributed by atoms with Crippen LogP contribution in [0.25, 0.3) is 0 Å². The number of phenolic OH excluding ortho intramolecular Hbond substituents is 1. The van der Waals surface area contributed by atoms with Crippen molar-refractivity contribution in [3.63, 3.8) is 0 Å². The van der Waals surface area contributed by atoms with Gasteiger partial charge in [-0.3, -0.25) is 4.90 Å². The molecule has 1 heterocycles. The third kappa shape index (κ3) is 3.61. The number of rotatable bonds is 6. The normalized spacial score (nSPS) is 19.8. The molecule has 1 fully saturated rings. The van der Waals surface area contributed by atoms with Gasteiger partial charge in [-0.1, -0.05) is 6.07 Å². The van der Waals surface area contributed by atoms with Crippen molar-refractivity contribution >= 4 is 0 Å². The van der Waals surface area contributed by atoms with Gasteiger partial charge in [-0.2, -0.15) is 0 Å². The molecule has 1 aliphatic rings. The number of methoxy groups -OCH3 is 1. The highest BCUT2D eigenvalue weighted by Crippen LogP contribution is 2.29. The van der Waals surface area contributed by atoms with E-state index < -0.39 is 0 Å². The van der Waals surface area contributed by atoms with Crippen molar-refractivity contribution in [1.29, 1.82) is 0 Å². The Hall–Kier alpha value is -1.26. The summed E-state index contributed by atoms with van der Waals surface area (Å²) in [6.45, 7) is 2.23. The van der Waals surface area contributed by atoms with Crippen molar-refractivity contribution in [3.8, 4) is 11.5 Å². The van der Waals surface area contributed by atoms with Gasteiger partial charge >= 0.3 is 0 Å². The maximum absolute atomic E-state index is 9.80. The first kappa shape index (κ1) is 14.2. The molecule has 0 saturated carbocycles. The zero-order valence-corrected chi connectivity index (χ0v) is 11.5. The van der Waals surface area contributed by atoms with Crippen LogP contribution < -0.4 is 4.74 Å². The number of aliphatic hydroxyl groups is 1. The number of likely N-dealkylation sites (tertiary alicyclic amines) is 1. The molecule has 2 rings (SSSR count). The lowest BCUT2D eigenvalue weighted by Crippen LogP contribution is -2.29. The van der Waals surface area contributed by atoms with Crippen LogP contribution >= 0.6 is 0 Å². The number of benzene rings is 1. The van der Waals surface area contributed by atoms with Crippen molar-refractivity contribution in [2.24, 2.45) is 0 Å². The van der Waals surface area contributed by atoms with Gasteiger partial charge < -0.3 is 14.9 Å². The van der Waals surface area contributed by atoms with Crippen LogP contribution in [0, 0.1) is 0 Å². The Morgan fingerprint density at radius 1 is 1.42 bits per heavy atom. The van der Waals surface area contributed by atoms with E-state index in [1.54, 1.807) is 13.2 Å². The average Bonchev–Trinajstić information content (AvgIpc) is 2.84. The first-order chi connectivity index (χ1) is 9.24. The minimum atomic E-state index is 0.200. The molecule has 1 atom stereocenters. The average molecular weight is 265 g/mol. The minimum absolute atomic E-state index is 0.200. The Morgan fingerprint density at radius 2 is 2.26 bits per heavy atom. The predicted octanol–water partition coefficient (Wildman–Crippen LogP) is 2.14. The Morgan fingerprint density at radius 3 is 2.95 bits per heavy atom. The summed E-state index contributed by atoms with van der Waals surface area (Å²) in [5.74, 6) is 0.716. The molecule has 19 heavy (non-hydrogen) atoms. The van der Waals surface area contributed by atoms with Gasteiger partial charge in [0.15, 0.2) is 11.5 Å². The van der Waals surface area contributed by atoms with Crippen LogP contribution in [0.3, 0.4) is 0 Å². The summed E-state index contributed by atoms with van der Waals surface area (Å²) in [6.07, 6.45) is 4.36. The summed E-state index contributed by atoms with van der Waals surface area (Å²) in [5.41, 5.74) is 1.11. The number of ether oxygens (including phenoxy) is 1. The fourth-order valence-electron chi connectivity index (χ4n) is 2.83. The molecule has 0 spiro atoms. The molecule has 4 heteroatoms. The fraction of sp³-hybridized carbons (Fsp3) is 0.600. The molecular weight excluding hydrogens is 242 g/mol. The highest BCUT2D eigenvalue weighted by molar-refractivity contribution is 5.41. The fourth-order valence-corrected chi connectivity index (χ4v) is 2.83. The Kier molecular flexibility index (Phi) is 5.05. The van der Waals surface area contributed by atoms with E-state index in [-0.39, 0.29) is 12.4 Å². The summed E-state index contributed by atoms with van der Waals surface area (Å²) in [7, 11) is 1.56. The maximum atomic E-state index is 9.80. The summed E-state index contributed by atoms with van der Waals surface area (Å²) in [4.78, 5) is 2.44. The highest BCUT2D eigenvalue weighted by atomic mass is 16.5. The number of nitrogens with zero attached hydrogens (tertiary/aromatic N) is 1. The van der Waals surface area contributed by atoms with E-state index >= 15 is 0 Å². The third-order valence-corrected chi connectivity index (χ3v) is 3.82. The molecule has 4 nitrogen and oxygen atoms in total. The van der Waals surface area contributed by atoms with Crippen LogP contribution in [0.4, 0.5) is 0 Å². The standard InChI is InChI=1S/C15H23NO3/c1-19-15-7-6-12(10-14(15)18)11-16-8-2-4-13(16)5-3-9-17/h6-7,10,13,17-18H,2-5,8-9,11H2,1H3. The molecule has 0 aromatic heterocycles. The number of aliphatic hydroxyl groups excluding tert-OH is 1. The van der Waals surface area contributed by atoms with Crippen molar-refractivity contribution < 1.29 is 14.9 Å². The maximum Gasteiger partial charge on any atom is 0.160 e. The SMILES string of the molecule is COc1ccc(CN2CCCC2CCCO)cc1O. The molecule has 106 valence electrons. The van der Waals surface area contributed by atoms with Crippen molar-refractivity contribution in [1.82, 2.24) is 4.90 Å². The monoisotopic (exact) mass is 265 g/mol. The minimum Gasteiger partial charge on any atom is -0.504 e. The lowest BCUT2D eigenvalue weighted by atomic mass is 10.1. The van der Waals surface area contributed by atoms with Gasteiger partial charge in [0.25, 0.3) is 0 Å². The van der Waals surface area contributed by atoms with Gasteiger partial charge in [-0.25, -0.2) is 0 Å². The smallest absolute Gasteiger partial charge is 0.160 e. The summed E-state index contributed by atoms with van der Waals surface area (Å²) >= 11 is 0. The topological polar surface area (TPSA) is 52.9 Å². The number of aromatic hydroxyl groups is 1. The second-order valence-electron chi connectivity index (χ2n) is 5.14. The van der Waals surface area contributed by atoms with E-state index in [1.807, 2.05) is 12.1 Å². The Labute approximate surface area is 114 Å². The molecule has 1 aromatic carbocycles. The molecule has 0 radical (unpaired) electrons. The van der Waals surface area contributed by atoms with E-state index in [0.29, 0.717) is 11.8 Å². The van der Waals surface area contributed by atoms with Crippen LogP contribution in [0.15, 0.2) is 18.2 Å². The van der Waals surface area contributed by atoms with E-state index in [9.17, 15) is 5.11 Å². The van der Waals surface area contributed by atoms with Crippen LogP contribution in [-0.2, 0) is 6.54 Å². The summed E-state index contributed by atoms with van der Waals surface area (Å²) < 4.78 is 5.05. The van der Waals surface area contributed by atoms with Crippen molar-refractivity contribution in [2.45, 2.75) is 38.3 Å². The first-order valence-electron chi connectivity index (χ1n) is 6.95. The van der Waals surface area contributed by atoms with E-state index in [2.05, 4.69) is 4.90 Å². The van der Waals surface area contributed by atoms with Gasteiger partial charge in [-0.15, -0.1) is 0 Å². The highest BCUT2D eigenvalue weighted by Gasteiger charge is 2.23. The largest absolute Gasteiger partial charge is 0.504 e. The van der Waals surface area contributed by atoms with Gasteiger partial charge in [-0.05, 0) is 49.9 Å².